The van der Waals surface area contributed by atoms with E-state index < -0.39 is 35.5 Å². The van der Waals surface area contributed by atoms with Crippen molar-refractivity contribution < 1.29 is 31.0 Å². The highest BCUT2D eigenvalue weighted by atomic mass is 127. The highest BCUT2D eigenvalue weighted by Gasteiger charge is 2.43. The number of halogens is 3. The van der Waals surface area contributed by atoms with Gasteiger partial charge in [0.05, 0.1) is 25.1 Å². The molecule has 232 valence electrons. The molecule has 1 fully saturated rings. The summed E-state index contributed by atoms with van der Waals surface area (Å²) >= 11 is 1.45. The number of hydrogen-bond acceptors (Lipinski definition) is 7. The number of piperazine rings is 1. The standard InChI is InChI=1S/C31H32F2IN5O5/c1-31(2,3)43-30(42)37-10-8-36(9-11-37)21-6-4-18(5-7-21)19-12-22-23(24(33)13-19)16-39(28(22)40)27(29(41)44-34)26-25-14-20(32)15-38(25)17-35-26/h4-7,12-13,17,20,27H,8-11,14-16H2,1-3H3/t20-,27?/m1/s1. The second-order valence-corrected chi connectivity index (χ2v) is 12.7. The summed E-state index contributed by atoms with van der Waals surface area (Å²) in [6, 6.07) is 9.39. The number of carbonyl (C=O) groups excluding carboxylic acids is 3. The fourth-order valence-corrected chi connectivity index (χ4v) is 6.29. The smallest absolute Gasteiger partial charge is 0.410 e. The van der Waals surface area contributed by atoms with Crippen molar-refractivity contribution in [2.24, 2.45) is 0 Å². The number of ether oxygens (including phenoxy) is 1. The number of aromatic nitrogens is 2. The predicted molar refractivity (Wildman–Crippen MR) is 165 cm³/mol. The van der Waals surface area contributed by atoms with Gasteiger partial charge in [-0.2, -0.15) is 0 Å². The second kappa shape index (κ2) is 11.6. The zero-order chi connectivity index (χ0) is 31.3. The highest BCUT2D eigenvalue weighted by molar-refractivity contribution is 14.1. The number of rotatable bonds is 5. The van der Waals surface area contributed by atoms with Crippen molar-refractivity contribution in [1.29, 1.82) is 0 Å². The minimum atomic E-state index is -1.23. The van der Waals surface area contributed by atoms with Gasteiger partial charge < -0.3 is 27.1 Å². The van der Waals surface area contributed by atoms with Gasteiger partial charge >= 0.3 is 12.1 Å². The van der Waals surface area contributed by atoms with Crippen LogP contribution in [0.4, 0.5) is 19.3 Å². The number of anilines is 1. The number of hydrogen-bond donors (Lipinski definition) is 0. The first-order chi connectivity index (χ1) is 20.9. The monoisotopic (exact) mass is 719 g/mol. The zero-order valence-electron chi connectivity index (χ0n) is 24.6. The molecule has 0 N–H and O–H groups in total. The molecule has 3 aromatic rings. The number of amides is 2. The number of benzene rings is 2. The summed E-state index contributed by atoms with van der Waals surface area (Å²) in [4.78, 5) is 48.4. The molecule has 0 spiro atoms. The topological polar surface area (TPSA) is 97.2 Å². The molecule has 44 heavy (non-hydrogen) atoms. The van der Waals surface area contributed by atoms with Crippen LogP contribution in [-0.2, 0) is 32.1 Å². The third-order valence-corrected chi connectivity index (χ3v) is 8.60. The first-order valence-electron chi connectivity index (χ1n) is 14.4. The number of carbonyl (C=O) groups is 3. The molecule has 0 radical (unpaired) electrons. The summed E-state index contributed by atoms with van der Waals surface area (Å²) in [6.07, 6.45) is 0.0968. The van der Waals surface area contributed by atoms with Crippen molar-refractivity contribution in [2.75, 3.05) is 31.1 Å². The summed E-state index contributed by atoms with van der Waals surface area (Å²) in [5.41, 5.74) is 2.78. The lowest BCUT2D eigenvalue weighted by molar-refractivity contribution is -0.136. The lowest BCUT2D eigenvalue weighted by Gasteiger charge is -2.36. The molecule has 1 saturated heterocycles. The Kier molecular flexibility index (Phi) is 8.01. The van der Waals surface area contributed by atoms with Crippen LogP contribution in [-0.4, -0.2) is 75.3 Å². The van der Waals surface area contributed by atoms with Crippen LogP contribution < -0.4 is 4.90 Å². The average molecular weight is 720 g/mol. The fourth-order valence-electron chi connectivity index (χ4n) is 6.05. The van der Waals surface area contributed by atoms with Crippen LogP contribution in [0.5, 0.6) is 0 Å². The van der Waals surface area contributed by atoms with Gasteiger partial charge in [-0.1, -0.05) is 12.1 Å². The molecule has 1 aromatic heterocycles. The fraction of sp³-hybridized carbons (Fsp3) is 0.419. The first kappa shape index (κ1) is 30.3. The molecule has 0 aliphatic carbocycles. The molecule has 3 aliphatic rings. The number of fused-ring (bicyclic) bond motifs is 2. The van der Waals surface area contributed by atoms with Crippen LogP contribution in [0.25, 0.3) is 11.1 Å². The molecule has 13 heteroatoms. The SMILES string of the molecule is CC(C)(C)OC(=O)N1CCN(c2ccc(-c3cc(F)c4c(c3)C(=O)N(C(C(=O)OI)c3ncn5c3C[C@@H](F)C5)C4)cc2)CC1. The molecule has 2 aromatic carbocycles. The van der Waals surface area contributed by atoms with Crippen LogP contribution in [0.1, 0.15) is 54.1 Å². The third kappa shape index (κ3) is 5.73. The molecule has 3 aliphatic heterocycles. The van der Waals surface area contributed by atoms with E-state index in [1.54, 1.807) is 15.5 Å². The van der Waals surface area contributed by atoms with Crippen LogP contribution in [0, 0.1) is 5.82 Å². The summed E-state index contributed by atoms with van der Waals surface area (Å²) in [7, 11) is 0. The molecule has 0 bridgehead atoms. The first-order valence-corrected chi connectivity index (χ1v) is 15.3. The molecule has 10 nitrogen and oxygen atoms in total. The highest BCUT2D eigenvalue weighted by Crippen LogP contribution is 2.38. The van der Waals surface area contributed by atoms with Gasteiger partial charge in [-0.15, -0.1) is 0 Å². The van der Waals surface area contributed by atoms with Gasteiger partial charge in [0.25, 0.3) is 5.91 Å². The maximum atomic E-state index is 15.5. The number of imidazole rings is 1. The van der Waals surface area contributed by atoms with E-state index in [1.807, 2.05) is 45.0 Å². The van der Waals surface area contributed by atoms with E-state index in [-0.39, 0.29) is 42.4 Å². The molecule has 6 rings (SSSR count). The van der Waals surface area contributed by atoms with E-state index in [2.05, 4.69) is 9.88 Å². The average Bonchev–Trinajstić information content (AvgIpc) is 3.65. The van der Waals surface area contributed by atoms with Crippen molar-refractivity contribution >= 4 is 46.7 Å². The predicted octanol–water partition coefficient (Wildman–Crippen LogP) is 5.23. The number of nitrogens with zero attached hydrogens (tertiary/aromatic N) is 5. The van der Waals surface area contributed by atoms with Crippen molar-refractivity contribution in [3.05, 3.63) is 71.1 Å². The maximum absolute atomic E-state index is 15.5. The van der Waals surface area contributed by atoms with E-state index >= 15 is 4.39 Å². The van der Waals surface area contributed by atoms with Gasteiger partial charge in [-0.05, 0) is 56.2 Å². The summed E-state index contributed by atoms with van der Waals surface area (Å²) in [5.74, 6) is -1.82. The molecule has 2 amide bonds. The van der Waals surface area contributed by atoms with Gasteiger partial charge in [0.1, 0.15) is 17.6 Å². The van der Waals surface area contributed by atoms with Gasteiger partial charge in [0.2, 0.25) is 0 Å². The van der Waals surface area contributed by atoms with Crippen molar-refractivity contribution in [2.45, 2.75) is 58.1 Å². The molecule has 2 atom stereocenters. The Hall–Kier alpha value is -3.75. The van der Waals surface area contributed by atoms with Crippen molar-refractivity contribution in [1.82, 2.24) is 19.4 Å². The van der Waals surface area contributed by atoms with Crippen LogP contribution in [0.3, 0.4) is 0 Å². The lowest BCUT2D eigenvalue weighted by atomic mass is 9.99. The quantitative estimate of drug-likeness (QED) is 0.334. The van der Waals surface area contributed by atoms with Crippen molar-refractivity contribution in [3.8, 4) is 11.1 Å². The van der Waals surface area contributed by atoms with E-state index in [4.69, 9.17) is 7.80 Å². The molecule has 0 saturated carbocycles. The third-order valence-electron chi connectivity index (χ3n) is 8.17. The Morgan fingerprint density at radius 2 is 1.77 bits per heavy atom. The maximum Gasteiger partial charge on any atom is 0.410 e. The Morgan fingerprint density at radius 1 is 1.07 bits per heavy atom. The van der Waals surface area contributed by atoms with E-state index in [1.165, 1.54) is 40.3 Å². The summed E-state index contributed by atoms with van der Waals surface area (Å²) in [5, 5.41) is 0. The molecule has 4 heterocycles. The van der Waals surface area contributed by atoms with Gasteiger partial charge in [0.15, 0.2) is 29.0 Å². The van der Waals surface area contributed by atoms with Crippen molar-refractivity contribution in [3.63, 3.8) is 0 Å². The van der Waals surface area contributed by atoms with Gasteiger partial charge in [0, 0.05) is 55.1 Å². The Morgan fingerprint density at radius 3 is 2.43 bits per heavy atom. The Balaban J connectivity index is 1.19. The minimum Gasteiger partial charge on any atom is -0.444 e. The Labute approximate surface area is 267 Å². The van der Waals surface area contributed by atoms with Crippen LogP contribution in [0.15, 0.2) is 42.7 Å². The Bertz CT molecular complexity index is 1610. The molecule has 1 unspecified atom stereocenters. The van der Waals surface area contributed by atoms with E-state index in [0.29, 0.717) is 37.4 Å². The summed E-state index contributed by atoms with van der Waals surface area (Å²) in [6.45, 7) is 7.87. The number of alkyl halides is 1. The molecular formula is C31H32F2IN5O5. The van der Waals surface area contributed by atoms with Crippen LogP contribution >= 0.6 is 23.0 Å². The molecular weight excluding hydrogens is 687 g/mol. The minimum absolute atomic E-state index is 0.0727. The largest absolute Gasteiger partial charge is 0.444 e. The van der Waals surface area contributed by atoms with E-state index in [9.17, 15) is 18.8 Å². The van der Waals surface area contributed by atoms with Gasteiger partial charge in [-0.3, -0.25) is 4.79 Å². The van der Waals surface area contributed by atoms with Gasteiger partial charge in [-0.25, -0.2) is 23.4 Å². The summed E-state index contributed by atoms with van der Waals surface area (Å²) < 4.78 is 41.7. The van der Waals surface area contributed by atoms with E-state index in [0.717, 1.165) is 11.3 Å². The normalized spacial score (nSPS) is 18.7. The van der Waals surface area contributed by atoms with Crippen LogP contribution in [0.2, 0.25) is 0 Å². The zero-order valence-corrected chi connectivity index (χ0v) is 26.7. The lowest BCUT2D eigenvalue weighted by Crippen LogP contribution is -2.50. The second-order valence-electron chi connectivity index (χ2n) is 12.2.